The van der Waals surface area contributed by atoms with E-state index in [0.717, 1.165) is 0 Å². The molecule has 0 saturated heterocycles. The number of fused-ring (bicyclic) bond motifs is 3. The average molecular weight is 193 g/mol. The normalized spacial score (nSPS) is 11.0. The molecular formula is C14H11N. The van der Waals surface area contributed by atoms with Gasteiger partial charge < -0.3 is 0 Å². The Hall–Kier alpha value is -1.89. The monoisotopic (exact) mass is 193 g/mol. The number of aryl methyl sites for hydroxylation is 1. The molecule has 0 N–H and O–H groups in total. The first-order valence-electron chi connectivity index (χ1n) is 5.08. The molecule has 1 nitrogen and oxygen atoms in total. The van der Waals surface area contributed by atoms with Crippen LogP contribution in [-0.2, 0) is 0 Å². The van der Waals surface area contributed by atoms with Gasteiger partial charge in [-0.1, -0.05) is 29.8 Å². The zero-order chi connectivity index (χ0) is 10.3. The van der Waals surface area contributed by atoms with Crippen LogP contribution in [-0.4, -0.2) is 4.98 Å². The topological polar surface area (TPSA) is 12.9 Å². The Labute approximate surface area is 88.7 Å². The lowest BCUT2D eigenvalue weighted by molar-refractivity contribution is 1.37. The summed E-state index contributed by atoms with van der Waals surface area (Å²) in [7, 11) is 0. The Morgan fingerprint density at radius 3 is 2.80 bits per heavy atom. The van der Waals surface area contributed by atoms with E-state index in [1.807, 2.05) is 12.4 Å². The molecule has 0 aliphatic heterocycles. The lowest BCUT2D eigenvalue weighted by Crippen LogP contribution is -1.69. The third kappa shape index (κ3) is 1.28. The molecule has 2 aliphatic rings. The fraction of sp³-hybridized carbons (Fsp3) is 0.0714. The van der Waals surface area contributed by atoms with Crippen molar-refractivity contribution in [3.8, 4) is 11.1 Å². The van der Waals surface area contributed by atoms with E-state index in [4.69, 9.17) is 0 Å². The first-order chi connectivity index (χ1) is 7.34. The van der Waals surface area contributed by atoms with Gasteiger partial charge in [-0.2, -0.15) is 0 Å². The second-order valence-electron chi connectivity index (χ2n) is 3.89. The fourth-order valence-electron chi connectivity index (χ4n) is 1.97. The van der Waals surface area contributed by atoms with E-state index >= 15 is 0 Å². The van der Waals surface area contributed by atoms with Crippen molar-refractivity contribution < 1.29 is 0 Å². The summed E-state index contributed by atoms with van der Waals surface area (Å²) in [6, 6.07) is 12.9. The van der Waals surface area contributed by atoms with Gasteiger partial charge in [-0.05, 0) is 35.6 Å². The molecule has 0 saturated carbocycles. The highest BCUT2D eigenvalue weighted by molar-refractivity contribution is 6.01. The molecule has 0 radical (unpaired) electrons. The standard InChI is InChI=1S/C14H11N/c1-10-2-4-11-8-12-6-7-15-9-14(12)13(11)5-3-10/h2-9H,1H3. The predicted molar refractivity (Wildman–Crippen MR) is 63.1 cm³/mol. The Balaban J connectivity index is 2.47. The highest BCUT2D eigenvalue weighted by atomic mass is 14.6. The number of rotatable bonds is 0. The van der Waals surface area contributed by atoms with Crippen LogP contribution >= 0.6 is 0 Å². The van der Waals surface area contributed by atoms with Crippen LogP contribution in [0.15, 0.2) is 48.8 Å². The van der Waals surface area contributed by atoms with Crippen LogP contribution in [0.5, 0.6) is 0 Å². The maximum absolute atomic E-state index is 4.18. The number of hydrogen-bond donors (Lipinski definition) is 0. The van der Waals surface area contributed by atoms with Crippen molar-refractivity contribution in [2.24, 2.45) is 0 Å². The highest BCUT2D eigenvalue weighted by Gasteiger charge is 2.07. The summed E-state index contributed by atoms with van der Waals surface area (Å²) in [6.07, 6.45) is 3.78. The SMILES string of the molecule is Cc1ccc2cc3ccncc3c-2cc1. The van der Waals surface area contributed by atoms with Gasteiger partial charge in [0.25, 0.3) is 0 Å². The Bertz CT molecular complexity index is 598. The summed E-state index contributed by atoms with van der Waals surface area (Å²) in [5, 5.41) is 2.51. The van der Waals surface area contributed by atoms with E-state index in [9.17, 15) is 0 Å². The van der Waals surface area contributed by atoms with Gasteiger partial charge in [-0.15, -0.1) is 0 Å². The molecule has 1 aromatic heterocycles. The second kappa shape index (κ2) is 3.06. The summed E-state index contributed by atoms with van der Waals surface area (Å²) in [4.78, 5) is 4.18. The Morgan fingerprint density at radius 1 is 1.00 bits per heavy atom. The number of aromatic nitrogens is 1. The van der Waals surface area contributed by atoms with Crippen LogP contribution in [0.3, 0.4) is 0 Å². The molecule has 0 bridgehead atoms. The third-order valence-electron chi connectivity index (χ3n) is 2.81. The van der Waals surface area contributed by atoms with E-state index in [1.165, 1.54) is 27.5 Å². The molecule has 0 fully saturated rings. The zero-order valence-electron chi connectivity index (χ0n) is 8.57. The van der Waals surface area contributed by atoms with Gasteiger partial charge in [-0.3, -0.25) is 4.98 Å². The van der Waals surface area contributed by atoms with E-state index in [2.05, 4.69) is 48.3 Å². The minimum Gasteiger partial charge on any atom is -0.264 e. The van der Waals surface area contributed by atoms with Crippen molar-refractivity contribution in [2.75, 3.05) is 0 Å². The summed E-state index contributed by atoms with van der Waals surface area (Å²) >= 11 is 0. The van der Waals surface area contributed by atoms with Crippen molar-refractivity contribution >= 4 is 10.8 Å². The summed E-state index contributed by atoms with van der Waals surface area (Å²) in [5.74, 6) is 0. The van der Waals surface area contributed by atoms with Crippen molar-refractivity contribution in [3.63, 3.8) is 0 Å². The van der Waals surface area contributed by atoms with Crippen molar-refractivity contribution in [1.29, 1.82) is 0 Å². The van der Waals surface area contributed by atoms with Crippen molar-refractivity contribution in [2.45, 2.75) is 6.92 Å². The molecule has 2 aliphatic carbocycles. The van der Waals surface area contributed by atoms with Crippen LogP contribution in [0, 0.1) is 6.92 Å². The average Bonchev–Trinajstić information content (AvgIpc) is 2.51. The quantitative estimate of drug-likeness (QED) is 0.531. The zero-order valence-corrected chi connectivity index (χ0v) is 8.57. The first-order valence-corrected chi connectivity index (χ1v) is 5.08. The van der Waals surface area contributed by atoms with E-state index in [-0.39, 0.29) is 0 Å². The molecule has 3 rings (SSSR count). The molecule has 72 valence electrons. The molecule has 1 heterocycles. The minimum atomic E-state index is 1.24. The van der Waals surface area contributed by atoms with Crippen LogP contribution in [0.4, 0.5) is 0 Å². The van der Waals surface area contributed by atoms with E-state index in [0.29, 0.717) is 0 Å². The smallest absolute Gasteiger partial charge is 0.0352 e. The van der Waals surface area contributed by atoms with Crippen LogP contribution in [0.2, 0.25) is 0 Å². The molecule has 0 amide bonds. The molecule has 0 atom stereocenters. The van der Waals surface area contributed by atoms with Crippen LogP contribution in [0.25, 0.3) is 21.9 Å². The predicted octanol–water partition coefficient (Wildman–Crippen LogP) is 3.65. The molecule has 15 heavy (non-hydrogen) atoms. The van der Waals surface area contributed by atoms with Gasteiger partial charge in [0.1, 0.15) is 0 Å². The molecule has 0 unspecified atom stereocenters. The highest BCUT2D eigenvalue weighted by Crippen LogP contribution is 2.32. The maximum Gasteiger partial charge on any atom is 0.0352 e. The fourth-order valence-corrected chi connectivity index (χ4v) is 1.97. The number of pyridine rings is 1. The van der Waals surface area contributed by atoms with Crippen LogP contribution < -0.4 is 0 Å². The third-order valence-corrected chi connectivity index (χ3v) is 2.81. The lowest BCUT2D eigenvalue weighted by Gasteiger charge is -1.91. The van der Waals surface area contributed by atoms with Gasteiger partial charge in [0, 0.05) is 17.8 Å². The molecule has 1 aromatic rings. The Morgan fingerprint density at radius 2 is 1.87 bits per heavy atom. The minimum absolute atomic E-state index is 1.24. The second-order valence-corrected chi connectivity index (χ2v) is 3.89. The van der Waals surface area contributed by atoms with Gasteiger partial charge in [0.05, 0.1) is 0 Å². The number of hydrogen-bond acceptors (Lipinski definition) is 1. The summed E-state index contributed by atoms with van der Waals surface area (Å²) in [6.45, 7) is 2.11. The van der Waals surface area contributed by atoms with Crippen molar-refractivity contribution in [3.05, 3.63) is 54.4 Å². The summed E-state index contributed by atoms with van der Waals surface area (Å²) < 4.78 is 0. The van der Waals surface area contributed by atoms with E-state index in [1.54, 1.807) is 0 Å². The largest absolute Gasteiger partial charge is 0.264 e. The summed E-state index contributed by atoms with van der Waals surface area (Å²) in [5.41, 5.74) is 3.85. The molecule has 1 heteroatoms. The van der Waals surface area contributed by atoms with E-state index < -0.39 is 0 Å². The van der Waals surface area contributed by atoms with Gasteiger partial charge >= 0.3 is 0 Å². The van der Waals surface area contributed by atoms with Gasteiger partial charge in [0.15, 0.2) is 0 Å². The lowest BCUT2D eigenvalue weighted by atomic mass is 10.1. The van der Waals surface area contributed by atoms with Crippen LogP contribution in [0.1, 0.15) is 5.56 Å². The van der Waals surface area contributed by atoms with Gasteiger partial charge in [0.2, 0.25) is 0 Å². The van der Waals surface area contributed by atoms with Gasteiger partial charge in [-0.25, -0.2) is 0 Å². The maximum atomic E-state index is 4.18. The van der Waals surface area contributed by atoms with Crippen molar-refractivity contribution in [1.82, 2.24) is 4.98 Å². The molecular weight excluding hydrogens is 182 g/mol. The molecule has 0 aromatic carbocycles. The Kier molecular flexibility index (Phi) is 1.72. The first kappa shape index (κ1) is 8.42. The number of nitrogens with zero attached hydrogens (tertiary/aromatic N) is 1. The molecule has 0 spiro atoms.